The Bertz CT molecular complexity index is 1610. The normalized spacial score (nSPS) is 11.1. The number of hydrogen-bond acceptors (Lipinski definition) is 2. The molecule has 0 atom stereocenters. The van der Waals surface area contributed by atoms with Crippen molar-refractivity contribution in [3.8, 4) is 0 Å². The Morgan fingerprint density at radius 1 is 0.455 bits per heavy atom. The van der Waals surface area contributed by atoms with Gasteiger partial charge in [-0.3, -0.25) is 0 Å². The summed E-state index contributed by atoms with van der Waals surface area (Å²) in [6.07, 6.45) is 13.6. The van der Waals surface area contributed by atoms with E-state index in [0.717, 1.165) is 47.0 Å². The van der Waals surface area contributed by atoms with Crippen molar-refractivity contribution in [2.45, 2.75) is 26.7 Å². The quantitative estimate of drug-likeness (QED) is 0.137. The van der Waals surface area contributed by atoms with Crippen LogP contribution in [0.1, 0.15) is 22.3 Å². The number of hydrogen-bond donors (Lipinski definition) is 0. The largest absolute Gasteiger partial charge is 0.310 e. The van der Waals surface area contributed by atoms with E-state index in [1.807, 2.05) is 24.3 Å². The number of allylic oxidation sites excluding steroid dienone is 6. The van der Waals surface area contributed by atoms with Crippen LogP contribution < -0.4 is 9.80 Å². The van der Waals surface area contributed by atoms with E-state index in [1.165, 1.54) is 22.3 Å². The Morgan fingerprint density at radius 2 is 0.795 bits per heavy atom. The summed E-state index contributed by atoms with van der Waals surface area (Å²) in [6.45, 7) is 11.9. The molecule has 0 amide bonds. The minimum absolute atomic E-state index is 0.856. The van der Waals surface area contributed by atoms with Crippen LogP contribution in [-0.4, -0.2) is 0 Å². The molecule has 0 radical (unpaired) electrons. The lowest BCUT2D eigenvalue weighted by Crippen LogP contribution is -2.12. The summed E-state index contributed by atoms with van der Waals surface area (Å²) in [5.74, 6) is 0. The Labute approximate surface area is 263 Å². The van der Waals surface area contributed by atoms with Crippen LogP contribution in [-0.2, 0) is 12.8 Å². The van der Waals surface area contributed by atoms with Crippen LogP contribution in [0, 0.1) is 13.8 Å². The Morgan fingerprint density at radius 3 is 1.14 bits per heavy atom. The number of benzene rings is 5. The third-order valence-electron chi connectivity index (χ3n) is 7.54. The van der Waals surface area contributed by atoms with Gasteiger partial charge < -0.3 is 9.80 Å². The maximum atomic E-state index is 3.80. The smallest absolute Gasteiger partial charge is 0.0464 e. The van der Waals surface area contributed by atoms with E-state index in [1.54, 1.807) is 0 Å². The lowest BCUT2D eigenvalue weighted by atomic mass is 10.1. The van der Waals surface area contributed by atoms with Gasteiger partial charge in [0.1, 0.15) is 0 Å². The summed E-state index contributed by atoms with van der Waals surface area (Å²) < 4.78 is 0. The molecule has 0 heterocycles. The van der Waals surface area contributed by atoms with Gasteiger partial charge in [-0.1, -0.05) is 109 Å². The second-order valence-electron chi connectivity index (χ2n) is 10.9. The molecule has 0 spiro atoms. The van der Waals surface area contributed by atoms with Crippen molar-refractivity contribution in [3.63, 3.8) is 0 Å². The first-order valence-corrected chi connectivity index (χ1v) is 15.1. The highest BCUT2D eigenvalue weighted by atomic mass is 15.2. The highest BCUT2D eigenvalue weighted by molar-refractivity contribution is 5.81. The summed E-state index contributed by atoms with van der Waals surface area (Å²) in [5, 5.41) is 0. The average Bonchev–Trinajstić information content (AvgIpc) is 3.05. The molecule has 0 aliphatic heterocycles. The molecule has 44 heavy (non-hydrogen) atoms. The van der Waals surface area contributed by atoms with Crippen LogP contribution in [0.3, 0.4) is 0 Å². The molecule has 2 heteroatoms. The molecule has 0 bridgehead atoms. The second kappa shape index (κ2) is 14.7. The van der Waals surface area contributed by atoms with Gasteiger partial charge in [-0.15, -0.1) is 0 Å². The molecule has 218 valence electrons. The van der Waals surface area contributed by atoms with Gasteiger partial charge in [-0.2, -0.15) is 0 Å². The molecule has 0 unspecified atom stereocenters. The molecule has 0 aliphatic carbocycles. The summed E-state index contributed by atoms with van der Waals surface area (Å²) >= 11 is 0. The van der Waals surface area contributed by atoms with Crippen LogP contribution in [0.2, 0.25) is 0 Å². The zero-order valence-electron chi connectivity index (χ0n) is 25.7. The molecular formula is C42H40N2. The molecule has 0 fully saturated rings. The van der Waals surface area contributed by atoms with Gasteiger partial charge in [0.2, 0.25) is 0 Å². The fraction of sp³-hybridized carbons (Fsp3) is 0.0952. The summed E-state index contributed by atoms with van der Waals surface area (Å²) in [6, 6.07) is 43.9. The standard InChI is InChI=1S/C42H40N2/c1-5-7-9-13-35-15-11-17-41(31-35)43(37-23-19-33(3)20-24-37)39-27-29-40(30-28-39)44(38-25-21-34(4)22-26-38)42-18-12-16-36(32-42)14-10-8-6-2/h5-12,15-32H,1-2,13-14H2,3-4H3/b9-7+,10-8+. The molecule has 5 rings (SSSR count). The van der Waals surface area contributed by atoms with E-state index < -0.39 is 0 Å². The van der Waals surface area contributed by atoms with Gasteiger partial charge in [0.25, 0.3) is 0 Å². The van der Waals surface area contributed by atoms with Gasteiger partial charge in [0, 0.05) is 34.1 Å². The van der Waals surface area contributed by atoms with E-state index in [4.69, 9.17) is 0 Å². The van der Waals surface area contributed by atoms with Gasteiger partial charge in [-0.05, 0) is 111 Å². The van der Waals surface area contributed by atoms with Crippen molar-refractivity contribution in [2.75, 3.05) is 9.80 Å². The first-order valence-electron chi connectivity index (χ1n) is 15.1. The summed E-state index contributed by atoms with van der Waals surface area (Å²) in [5.41, 5.74) is 11.7. The fourth-order valence-corrected chi connectivity index (χ4v) is 5.28. The van der Waals surface area contributed by atoms with Crippen LogP contribution in [0.5, 0.6) is 0 Å². The molecule has 2 nitrogen and oxygen atoms in total. The fourth-order valence-electron chi connectivity index (χ4n) is 5.28. The zero-order valence-corrected chi connectivity index (χ0v) is 25.7. The van der Waals surface area contributed by atoms with E-state index in [-0.39, 0.29) is 0 Å². The lowest BCUT2D eigenvalue weighted by Gasteiger charge is -2.29. The molecule has 0 aromatic heterocycles. The van der Waals surface area contributed by atoms with E-state index in [9.17, 15) is 0 Å². The van der Waals surface area contributed by atoms with Gasteiger partial charge in [0.05, 0.1) is 0 Å². The Kier molecular flexibility index (Phi) is 10.1. The minimum Gasteiger partial charge on any atom is -0.310 e. The lowest BCUT2D eigenvalue weighted by molar-refractivity contribution is 1.21. The second-order valence-corrected chi connectivity index (χ2v) is 10.9. The molecule has 5 aromatic carbocycles. The first kappa shape index (κ1) is 30.1. The van der Waals surface area contributed by atoms with E-state index >= 15 is 0 Å². The topological polar surface area (TPSA) is 6.48 Å². The molecule has 5 aromatic rings. The number of anilines is 6. The monoisotopic (exact) mass is 572 g/mol. The third-order valence-corrected chi connectivity index (χ3v) is 7.54. The summed E-state index contributed by atoms with van der Waals surface area (Å²) in [7, 11) is 0. The van der Waals surface area contributed by atoms with Crippen LogP contribution in [0.15, 0.2) is 171 Å². The van der Waals surface area contributed by atoms with E-state index in [0.29, 0.717) is 0 Å². The molecule has 0 N–H and O–H groups in total. The molecule has 0 saturated heterocycles. The van der Waals surface area contributed by atoms with Crippen LogP contribution in [0.4, 0.5) is 34.1 Å². The highest BCUT2D eigenvalue weighted by Crippen LogP contribution is 2.39. The van der Waals surface area contributed by atoms with Gasteiger partial charge in [0.15, 0.2) is 0 Å². The van der Waals surface area contributed by atoms with Crippen molar-refractivity contribution in [1.82, 2.24) is 0 Å². The maximum Gasteiger partial charge on any atom is 0.0464 e. The van der Waals surface area contributed by atoms with Crippen molar-refractivity contribution in [1.29, 1.82) is 0 Å². The van der Waals surface area contributed by atoms with Gasteiger partial charge in [-0.25, -0.2) is 0 Å². The van der Waals surface area contributed by atoms with Crippen LogP contribution in [0.25, 0.3) is 0 Å². The van der Waals surface area contributed by atoms with Crippen molar-refractivity contribution in [3.05, 3.63) is 193 Å². The average molecular weight is 573 g/mol. The first-order chi connectivity index (χ1) is 21.6. The zero-order chi connectivity index (χ0) is 30.7. The SMILES string of the molecule is C=C/C=C/Cc1cccc(N(c2ccc(C)cc2)c2ccc(N(c3ccc(C)cc3)c3cccc(C/C=C/C=C)c3)cc2)c1. The van der Waals surface area contributed by atoms with Crippen molar-refractivity contribution in [2.24, 2.45) is 0 Å². The van der Waals surface area contributed by atoms with Crippen molar-refractivity contribution < 1.29 is 0 Å². The number of nitrogens with zero attached hydrogens (tertiary/aromatic N) is 2. The van der Waals surface area contributed by atoms with Gasteiger partial charge >= 0.3 is 0 Å². The molecule has 0 aliphatic rings. The predicted octanol–water partition coefficient (Wildman–Crippen LogP) is 11.8. The molecule has 0 saturated carbocycles. The van der Waals surface area contributed by atoms with E-state index in [2.05, 4.69) is 170 Å². The molecular weight excluding hydrogens is 532 g/mol. The van der Waals surface area contributed by atoms with Crippen LogP contribution >= 0.6 is 0 Å². The van der Waals surface area contributed by atoms with Crippen molar-refractivity contribution >= 4 is 34.1 Å². The summed E-state index contributed by atoms with van der Waals surface area (Å²) in [4.78, 5) is 4.65. The Balaban J connectivity index is 1.56. The Hall–Kier alpha value is -5.34. The number of aryl methyl sites for hydroxylation is 2. The number of rotatable bonds is 12. The predicted molar refractivity (Wildman–Crippen MR) is 191 cm³/mol. The maximum absolute atomic E-state index is 3.80. The third kappa shape index (κ3) is 7.53. The minimum atomic E-state index is 0.856. The highest BCUT2D eigenvalue weighted by Gasteiger charge is 2.16.